The zero-order chi connectivity index (χ0) is 25.7. The van der Waals surface area contributed by atoms with E-state index in [1.807, 2.05) is 6.92 Å². The Bertz CT molecular complexity index is 753. The first-order valence-electron chi connectivity index (χ1n) is 12.7. The van der Waals surface area contributed by atoms with Crippen molar-refractivity contribution in [1.29, 1.82) is 0 Å². The van der Waals surface area contributed by atoms with Crippen molar-refractivity contribution in [1.82, 2.24) is 0 Å². The van der Waals surface area contributed by atoms with E-state index in [-0.39, 0.29) is 17.7 Å². The third-order valence-electron chi connectivity index (χ3n) is 6.62. The number of halogens is 1. The van der Waals surface area contributed by atoms with Crippen molar-refractivity contribution in [3.05, 3.63) is 84.3 Å². The summed E-state index contributed by atoms with van der Waals surface area (Å²) in [5.74, 6) is 2.09. The quantitative estimate of drug-likeness (QED) is 0.203. The molecule has 0 bridgehead atoms. The lowest BCUT2D eigenvalue weighted by molar-refractivity contribution is 0.493. The van der Waals surface area contributed by atoms with Gasteiger partial charge in [-0.3, -0.25) is 0 Å². The van der Waals surface area contributed by atoms with Gasteiger partial charge in [-0.2, -0.15) is 0 Å². The molecule has 3 unspecified atom stereocenters. The molecule has 0 aromatic heterocycles. The highest BCUT2D eigenvalue weighted by Crippen LogP contribution is 2.26. The molecule has 0 saturated heterocycles. The molecule has 0 aromatic carbocycles. The molecule has 186 valence electrons. The smallest absolute Gasteiger partial charge is 0.130 e. The number of rotatable bonds is 16. The molecular weight excluding hydrogens is 403 g/mol. The summed E-state index contributed by atoms with van der Waals surface area (Å²) in [5, 5.41) is 0. The van der Waals surface area contributed by atoms with Gasteiger partial charge in [0.2, 0.25) is 0 Å². The van der Waals surface area contributed by atoms with Crippen molar-refractivity contribution in [2.24, 2.45) is 29.6 Å². The first kappa shape index (κ1) is 31.1. The molecule has 0 rings (SSSR count). The van der Waals surface area contributed by atoms with E-state index in [4.69, 9.17) is 0 Å². The Kier molecular flexibility index (Phi) is 15.0. The van der Waals surface area contributed by atoms with Gasteiger partial charge < -0.3 is 0 Å². The van der Waals surface area contributed by atoms with Gasteiger partial charge in [-0.15, -0.1) is 0 Å². The Morgan fingerprint density at radius 2 is 1.09 bits per heavy atom. The van der Waals surface area contributed by atoms with Gasteiger partial charge in [0.05, 0.1) is 0 Å². The van der Waals surface area contributed by atoms with Crippen LogP contribution in [0.25, 0.3) is 0 Å². The lowest BCUT2D eigenvalue weighted by Gasteiger charge is -2.15. The molecule has 0 aliphatic heterocycles. The van der Waals surface area contributed by atoms with Gasteiger partial charge in [-0.25, -0.2) is 4.39 Å². The lowest BCUT2D eigenvalue weighted by atomic mass is 9.91. The van der Waals surface area contributed by atoms with Crippen LogP contribution in [0.1, 0.15) is 87.5 Å². The van der Waals surface area contributed by atoms with E-state index < -0.39 is 0 Å². The zero-order valence-electron chi connectivity index (χ0n) is 22.9. The van der Waals surface area contributed by atoms with Gasteiger partial charge in [-0.1, -0.05) is 117 Å². The van der Waals surface area contributed by atoms with Crippen LogP contribution in [-0.2, 0) is 0 Å². The molecule has 33 heavy (non-hydrogen) atoms. The number of hydrogen-bond acceptors (Lipinski definition) is 0. The van der Waals surface area contributed by atoms with Crippen LogP contribution in [0, 0.1) is 29.6 Å². The minimum atomic E-state index is -0.289. The summed E-state index contributed by atoms with van der Waals surface area (Å²) in [6, 6.07) is 0. The van der Waals surface area contributed by atoms with Crippen molar-refractivity contribution in [3.63, 3.8) is 0 Å². The van der Waals surface area contributed by atoms with Gasteiger partial charge in [0, 0.05) is 5.57 Å². The zero-order valence-corrected chi connectivity index (χ0v) is 22.9. The standard InChI is InChI=1S/C32H51F/c1-22(2)13-15-24(5)25(6)17-18-26(7)27(8)19-20-29(10)31(12)32(33)21-30(11)28(9)16-14-23(3)4/h17-18,20-24,27-28H,6-7,11-16,19H2,1-5,8-10H3/b18-17-,29-20+,32-21+. The maximum atomic E-state index is 14.8. The van der Waals surface area contributed by atoms with Crippen LogP contribution in [0.4, 0.5) is 4.39 Å². The van der Waals surface area contributed by atoms with E-state index in [0.717, 1.165) is 53.9 Å². The van der Waals surface area contributed by atoms with E-state index in [1.165, 1.54) is 6.42 Å². The fraction of sp³-hybridized carbons (Fsp3) is 0.562. The van der Waals surface area contributed by atoms with Crippen LogP contribution >= 0.6 is 0 Å². The fourth-order valence-electron chi connectivity index (χ4n) is 3.29. The largest absolute Gasteiger partial charge is 0.206 e. The van der Waals surface area contributed by atoms with Crippen molar-refractivity contribution in [2.45, 2.75) is 87.5 Å². The Balaban J connectivity index is 4.85. The Morgan fingerprint density at radius 1 is 0.667 bits per heavy atom. The predicted molar refractivity (Wildman–Crippen MR) is 149 cm³/mol. The van der Waals surface area contributed by atoms with Crippen LogP contribution in [0.5, 0.6) is 0 Å². The highest BCUT2D eigenvalue weighted by atomic mass is 19.1. The molecule has 0 spiro atoms. The molecule has 0 aromatic rings. The summed E-state index contributed by atoms with van der Waals surface area (Å²) in [6.45, 7) is 33.8. The van der Waals surface area contributed by atoms with Crippen molar-refractivity contribution in [2.75, 3.05) is 0 Å². The van der Waals surface area contributed by atoms with Gasteiger partial charge in [0.25, 0.3) is 0 Å². The highest BCUT2D eigenvalue weighted by Gasteiger charge is 2.11. The van der Waals surface area contributed by atoms with E-state index >= 15 is 0 Å². The molecule has 0 radical (unpaired) electrons. The Hall–Kier alpha value is -1.89. The van der Waals surface area contributed by atoms with Crippen LogP contribution in [0.2, 0.25) is 0 Å². The first-order chi connectivity index (χ1) is 15.3. The van der Waals surface area contributed by atoms with Crippen LogP contribution in [-0.4, -0.2) is 0 Å². The monoisotopic (exact) mass is 454 g/mol. The third-order valence-corrected chi connectivity index (χ3v) is 6.62. The molecule has 0 heterocycles. The lowest BCUT2D eigenvalue weighted by Crippen LogP contribution is -2.00. The van der Waals surface area contributed by atoms with E-state index in [1.54, 1.807) is 6.08 Å². The average Bonchev–Trinajstić information content (AvgIpc) is 2.75. The summed E-state index contributed by atoms with van der Waals surface area (Å²) < 4.78 is 14.8. The molecule has 0 amide bonds. The van der Waals surface area contributed by atoms with Crippen molar-refractivity contribution >= 4 is 0 Å². The topological polar surface area (TPSA) is 0 Å². The number of hydrogen-bond donors (Lipinski definition) is 0. The molecule has 3 atom stereocenters. The number of allylic oxidation sites excluding steroid dienone is 10. The summed E-state index contributed by atoms with van der Waals surface area (Å²) in [5.41, 5.74) is 4.34. The molecular formula is C32H51F. The molecule has 0 saturated carbocycles. The highest BCUT2D eigenvalue weighted by molar-refractivity contribution is 5.43. The normalized spacial score (nSPS) is 15.7. The van der Waals surface area contributed by atoms with Gasteiger partial charge in [0.1, 0.15) is 5.83 Å². The fourth-order valence-corrected chi connectivity index (χ4v) is 3.29. The second-order valence-corrected chi connectivity index (χ2v) is 10.8. The molecule has 0 fully saturated rings. The van der Waals surface area contributed by atoms with Crippen LogP contribution in [0.3, 0.4) is 0 Å². The maximum Gasteiger partial charge on any atom is 0.130 e. The summed E-state index contributed by atoms with van der Waals surface area (Å²) >= 11 is 0. The second kappa shape index (κ2) is 15.9. The molecule has 0 N–H and O–H groups in total. The van der Waals surface area contributed by atoms with Crippen LogP contribution < -0.4 is 0 Å². The van der Waals surface area contributed by atoms with Gasteiger partial charge in [-0.05, 0) is 73.0 Å². The molecule has 0 aliphatic rings. The molecule has 0 nitrogen and oxygen atoms in total. The van der Waals surface area contributed by atoms with Crippen molar-refractivity contribution in [3.8, 4) is 0 Å². The minimum Gasteiger partial charge on any atom is -0.206 e. The average molecular weight is 455 g/mol. The van der Waals surface area contributed by atoms with Crippen molar-refractivity contribution < 1.29 is 4.39 Å². The summed E-state index contributed by atoms with van der Waals surface area (Å²) in [7, 11) is 0. The SMILES string of the molecule is C=C(/C(C)=C/CC(C)C(=C)/C=C\C(=C)C(C)CCC(C)C)/C(F)=C\C(=C)C(C)CCC(C)C. The molecule has 1 heteroatoms. The summed E-state index contributed by atoms with van der Waals surface area (Å²) in [6.07, 6.45) is 13.1. The third kappa shape index (κ3) is 13.4. The minimum absolute atomic E-state index is 0.265. The maximum absolute atomic E-state index is 14.8. The Labute approximate surface area is 205 Å². The van der Waals surface area contributed by atoms with Crippen LogP contribution in [0.15, 0.2) is 84.3 Å². The van der Waals surface area contributed by atoms with E-state index in [2.05, 4.69) is 93.0 Å². The Morgan fingerprint density at radius 3 is 1.55 bits per heavy atom. The first-order valence-corrected chi connectivity index (χ1v) is 12.7. The van der Waals surface area contributed by atoms with Gasteiger partial charge >= 0.3 is 0 Å². The van der Waals surface area contributed by atoms with E-state index in [0.29, 0.717) is 17.4 Å². The molecule has 0 aliphatic carbocycles. The second-order valence-electron chi connectivity index (χ2n) is 10.8. The summed E-state index contributed by atoms with van der Waals surface area (Å²) in [4.78, 5) is 0. The predicted octanol–water partition coefficient (Wildman–Crippen LogP) is 10.7. The van der Waals surface area contributed by atoms with E-state index in [9.17, 15) is 4.39 Å². The van der Waals surface area contributed by atoms with Gasteiger partial charge in [0.15, 0.2) is 0 Å².